The number of carbonyl (C=O) groups is 1. The Kier molecular flexibility index (Phi) is 5.59. The Bertz CT molecular complexity index is 900. The topological polar surface area (TPSA) is 38.7 Å². The molecule has 0 aliphatic carbocycles. The molecule has 0 bridgehead atoms. The predicted molar refractivity (Wildman–Crippen MR) is 105 cm³/mol. The van der Waals surface area contributed by atoms with E-state index in [1.807, 2.05) is 92.7 Å². The number of hydrogen-bond donors (Lipinski definition) is 0. The fraction of sp³-hybridized carbons (Fsp3) is 0.130. The van der Waals surface area contributed by atoms with Crippen molar-refractivity contribution in [2.24, 2.45) is 4.99 Å². The zero-order valence-electron chi connectivity index (χ0n) is 14.9. The van der Waals surface area contributed by atoms with Crippen LogP contribution in [0.25, 0.3) is 0 Å². The van der Waals surface area contributed by atoms with Crippen LogP contribution in [0.3, 0.4) is 0 Å². The van der Waals surface area contributed by atoms with Gasteiger partial charge < -0.3 is 4.74 Å². The summed E-state index contributed by atoms with van der Waals surface area (Å²) < 4.78 is 5.92. The van der Waals surface area contributed by atoms with Gasteiger partial charge in [0.2, 0.25) is 5.90 Å². The second-order valence-electron chi connectivity index (χ2n) is 6.16. The summed E-state index contributed by atoms with van der Waals surface area (Å²) in [4.78, 5) is 17.6. The van der Waals surface area contributed by atoms with E-state index in [0.717, 1.165) is 5.56 Å². The number of aliphatic imine (C=N–C) groups is 1. The summed E-state index contributed by atoms with van der Waals surface area (Å²) in [6.45, 7) is 3.92. The summed E-state index contributed by atoms with van der Waals surface area (Å²) in [6.07, 6.45) is -0.0223. The minimum Gasteiger partial charge on any atom is -0.475 e. The molecule has 0 saturated heterocycles. The van der Waals surface area contributed by atoms with Crippen LogP contribution in [0.1, 0.15) is 35.3 Å². The van der Waals surface area contributed by atoms with E-state index in [4.69, 9.17) is 4.74 Å². The van der Waals surface area contributed by atoms with Crippen LogP contribution >= 0.6 is 0 Å². The normalized spacial score (nSPS) is 11.4. The van der Waals surface area contributed by atoms with Crippen LogP contribution < -0.4 is 0 Å². The lowest BCUT2D eigenvalue weighted by Gasteiger charge is -2.14. The van der Waals surface area contributed by atoms with Gasteiger partial charge >= 0.3 is 0 Å². The lowest BCUT2D eigenvalue weighted by atomic mass is 10.0. The van der Waals surface area contributed by atoms with Crippen LogP contribution in [0.15, 0.2) is 89.9 Å². The van der Waals surface area contributed by atoms with Crippen LogP contribution in [0.4, 0.5) is 5.69 Å². The molecule has 0 aliphatic rings. The Balaban J connectivity index is 2.05. The first-order valence-electron chi connectivity index (χ1n) is 8.64. The summed E-state index contributed by atoms with van der Waals surface area (Å²) in [7, 11) is 0. The molecule has 0 aliphatic heterocycles. The summed E-state index contributed by atoms with van der Waals surface area (Å²) in [5.74, 6) is 0.454. The van der Waals surface area contributed by atoms with Crippen molar-refractivity contribution in [2.45, 2.75) is 20.0 Å². The lowest BCUT2D eigenvalue weighted by molar-refractivity contribution is 0.103. The van der Waals surface area contributed by atoms with Crippen molar-refractivity contribution in [3.63, 3.8) is 0 Å². The Morgan fingerprint density at radius 1 is 0.769 bits per heavy atom. The van der Waals surface area contributed by atoms with Crippen LogP contribution in [0, 0.1) is 0 Å². The molecule has 0 heterocycles. The standard InChI is InChI=1S/C23H21NO2/c1-17(2)26-23(19-13-7-4-8-14-19)24-21-16-10-9-15-20(21)22(25)18-11-5-3-6-12-18/h3-17H,1-2H3. The zero-order valence-corrected chi connectivity index (χ0v) is 14.9. The molecule has 3 nitrogen and oxygen atoms in total. The van der Waals surface area contributed by atoms with Crippen molar-refractivity contribution in [2.75, 3.05) is 0 Å². The number of ether oxygens (including phenoxy) is 1. The van der Waals surface area contributed by atoms with Crippen molar-refractivity contribution < 1.29 is 9.53 Å². The summed E-state index contributed by atoms with van der Waals surface area (Å²) in [6, 6.07) is 26.3. The first-order valence-corrected chi connectivity index (χ1v) is 8.64. The molecule has 0 saturated carbocycles. The molecule has 130 valence electrons. The van der Waals surface area contributed by atoms with Crippen molar-refractivity contribution in [3.05, 3.63) is 102 Å². The molecule has 0 atom stereocenters. The zero-order chi connectivity index (χ0) is 18.4. The van der Waals surface area contributed by atoms with Gasteiger partial charge in [0.1, 0.15) is 0 Å². The molecule has 3 heteroatoms. The Morgan fingerprint density at radius 2 is 1.31 bits per heavy atom. The third kappa shape index (κ3) is 4.25. The SMILES string of the molecule is CC(C)OC(=Nc1ccccc1C(=O)c1ccccc1)c1ccccc1. The molecule has 3 aromatic rings. The third-order valence-corrected chi connectivity index (χ3v) is 3.77. The second kappa shape index (κ2) is 8.26. The molecule has 26 heavy (non-hydrogen) atoms. The van der Waals surface area contributed by atoms with E-state index in [2.05, 4.69) is 4.99 Å². The molecule has 3 aromatic carbocycles. The lowest BCUT2D eigenvalue weighted by Crippen LogP contribution is -2.13. The van der Waals surface area contributed by atoms with Gasteiger partial charge in [-0.2, -0.15) is 0 Å². The fourth-order valence-corrected chi connectivity index (χ4v) is 2.58. The van der Waals surface area contributed by atoms with E-state index in [1.165, 1.54) is 0 Å². The number of rotatable bonds is 5. The molecule has 0 amide bonds. The van der Waals surface area contributed by atoms with E-state index in [1.54, 1.807) is 6.07 Å². The minimum atomic E-state index is -0.0538. The number of para-hydroxylation sites is 1. The number of ketones is 1. The summed E-state index contributed by atoms with van der Waals surface area (Å²) >= 11 is 0. The largest absolute Gasteiger partial charge is 0.475 e. The maximum absolute atomic E-state index is 12.9. The monoisotopic (exact) mass is 343 g/mol. The Morgan fingerprint density at radius 3 is 1.92 bits per heavy atom. The van der Waals surface area contributed by atoms with Crippen LogP contribution in [0.5, 0.6) is 0 Å². The van der Waals surface area contributed by atoms with E-state index >= 15 is 0 Å². The van der Waals surface area contributed by atoms with Crippen molar-refractivity contribution in [1.29, 1.82) is 0 Å². The van der Waals surface area contributed by atoms with Crippen molar-refractivity contribution >= 4 is 17.4 Å². The van der Waals surface area contributed by atoms with E-state index in [-0.39, 0.29) is 11.9 Å². The molecule has 0 spiro atoms. The first kappa shape index (κ1) is 17.6. The number of hydrogen-bond acceptors (Lipinski definition) is 3. The molecule has 0 radical (unpaired) electrons. The van der Waals surface area contributed by atoms with Gasteiger partial charge in [0, 0.05) is 16.7 Å². The molecular formula is C23H21NO2. The van der Waals surface area contributed by atoms with Crippen LogP contribution in [0.2, 0.25) is 0 Å². The van der Waals surface area contributed by atoms with Crippen molar-refractivity contribution in [1.82, 2.24) is 0 Å². The van der Waals surface area contributed by atoms with Gasteiger partial charge in [0.05, 0.1) is 11.8 Å². The van der Waals surface area contributed by atoms with Gasteiger partial charge in [-0.25, -0.2) is 4.99 Å². The predicted octanol–water partition coefficient (Wildman–Crippen LogP) is 5.42. The number of nitrogens with zero attached hydrogens (tertiary/aromatic N) is 1. The molecular weight excluding hydrogens is 322 g/mol. The van der Waals surface area contributed by atoms with Gasteiger partial charge in [-0.05, 0) is 38.1 Å². The minimum absolute atomic E-state index is 0.0223. The Labute approximate surface area is 154 Å². The highest BCUT2D eigenvalue weighted by atomic mass is 16.5. The molecule has 0 unspecified atom stereocenters. The highest BCUT2D eigenvalue weighted by Crippen LogP contribution is 2.24. The summed E-state index contributed by atoms with van der Waals surface area (Å²) in [5, 5.41) is 0. The van der Waals surface area contributed by atoms with Gasteiger partial charge in [-0.3, -0.25) is 4.79 Å². The fourth-order valence-electron chi connectivity index (χ4n) is 2.58. The van der Waals surface area contributed by atoms with E-state index < -0.39 is 0 Å². The summed E-state index contributed by atoms with van der Waals surface area (Å²) in [5.41, 5.74) is 2.67. The average molecular weight is 343 g/mol. The quantitative estimate of drug-likeness (QED) is 0.352. The number of benzene rings is 3. The van der Waals surface area contributed by atoms with Gasteiger partial charge in [-0.15, -0.1) is 0 Å². The molecule has 0 N–H and O–H groups in total. The molecule has 0 aromatic heterocycles. The molecule has 3 rings (SSSR count). The van der Waals surface area contributed by atoms with Crippen molar-refractivity contribution in [3.8, 4) is 0 Å². The Hall–Kier alpha value is -3.20. The van der Waals surface area contributed by atoms with Crippen LogP contribution in [-0.2, 0) is 4.74 Å². The number of carbonyl (C=O) groups excluding carboxylic acids is 1. The smallest absolute Gasteiger partial charge is 0.221 e. The van der Waals surface area contributed by atoms with Gasteiger partial charge in [0.15, 0.2) is 5.78 Å². The average Bonchev–Trinajstić information content (AvgIpc) is 2.68. The van der Waals surface area contributed by atoms with Gasteiger partial charge in [0.25, 0.3) is 0 Å². The molecule has 0 fully saturated rings. The van der Waals surface area contributed by atoms with E-state index in [0.29, 0.717) is 22.7 Å². The first-order chi connectivity index (χ1) is 12.6. The second-order valence-corrected chi connectivity index (χ2v) is 6.16. The van der Waals surface area contributed by atoms with Gasteiger partial charge in [-0.1, -0.05) is 60.7 Å². The van der Waals surface area contributed by atoms with E-state index in [9.17, 15) is 4.79 Å². The highest BCUT2D eigenvalue weighted by Gasteiger charge is 2.15. The van der Waals surface area contributed by atoms with Crippen LogP contribution in [-0.4, -0.2) is 17.8 Å². The highest BCUT2D eigenvalue weighted by molar-refractivity contribution is 6.12. The maximum atomic E-state index is 12.9. The maximum Gasteiger partial charge on any atom is 0.221 e. The third-order valence-electron chi connectivity index (χ3n) is 3.77.